The van der Waals surface area contributed by atoms with E-state index in [0.29, 0.717) is 6.04 Å². The third kappa shape index (κ3) is 4.77. The Morgan fingerprint density at radius 3 is 2.28 bits per heavy atom. The summed E-state index contributed by atoms with van der Waals surface area (Å²) in [5.41, 5.74) is 8.65. The van der Waals surface area contributed by atoms with Gasteiger partial charge >= 0.3 is 0 Å². The van der Waals surface area contributed by atoms with Crippen LogP contribution in [-0.2, 0) is 0 Å². The summed E-state index contributed by atoms with van der Waals surface area (Å²) in [6.07, 6.45) is 0.918. The normalized spacial score (nSPS) is 13.3. The SMILES string of the molecule is Cc1ccc(C(N)CCN(CCO)C(C)C)cc1. The Morgan fingerprint density at radius 2 is 1.78 bits per heavy atom. The van der Waals surface area contributed by atoms with E-state index < -0.39 is 0 Å². The maximum Gasteiger partial charge on any atom is 0.0558 e. The summed E-state index contributed by atoms with van der Waals surface area (Å²) in [7, 11) is 0. The average Bonchev–Trinajstić information content (AvgIpc) is 2.34. The highest BCUT2D eigenvalue weighted by Gasteiger charge is 2.12. The van der Waals surface area contributed by atoms with E-state index in [9.17, 15) is 0 Å². The fraction of sp³-hybridized carbons (Fsp3) is 0.600. The molecule has 0 aliphatic carbocycles. The summed E-state index contributed by atoms with van der Waals surface area (Å²) >= 11 is 0. The highest BCUT2D eigenvalue weighted by molar-refractivity contribution is 5.23. The van der Waals surface area contributed by atoms with Gasteiger partial charge in [0.2, 0.25) is 0 Å². The van der Waals surface area contributed by atoms with E-state index in [2.05, 4.69) is 49.9 Å². The van der Waals surface area contributed by atoms with Crippen LogP contribution in [0.3, 0.4) is 0 Å². The molecule has 1 unspecified atom stereocenters. The van der Waals surface area contributed by atoms with Crippen molar-refractivity contribution in [3.63, 3.8) is 0 Å². The molecule has 0 amide bonds. The zero-order valence-corrected chi connectivity index (χ0v) is 11.8. The standard InChI is InChI=1S/C15H26N2O/c1-12(2)17(10-11-18)9-8-15(16)14-6-4-13(3)5-7-14/h4-7,12,15,18H,8-11,16H2,1-3H3. The van der Waals surface area contributed by atoms with E-state index in [1.54, 1.807) is 0 Å². The van der Waals surface area contributed by atoms with Crippen LogP contribution in [0.2, 0.25) is 0 Å². The summed E-state index contributed by atoms with van der Waals surface area (Å²) in [5.74, 6) is 0. The Morgan fingerprint density at radius 1 is 1.17 bits per heavy atom. The highest BCUT2D eigenvalue weighted by atomic mass is 16.3. The van der Waals surface area contributed by atoms with Crippen molar-refractivity contribution < 1.29 is 5.11 Å². The van der Waals surface area contributed by atoms with Crippen LogP contribution in [0.25, 0.3) is 0 Å². The Kier molecular flexibility index (Phi) is 6.33. The van der Waals surface area contributed by atoms with Crippen LogP contribution in [0.1, 0.15) is 37.4 Å². The Balaban J connectivity index is 2.48. The topological polar surface area (TPSA) is 49.5 Å². The summed E-state index contributed by atoms with van der Waals surface area (Å²) < 4.78 is 0. The Hall–Kier alpha value is -0.900. The fourth-order valence-electron chi connectivity index (χ4n) is 2.04. The van der Waals surface area contributed by atoms with Gasteiger partial charge < -0.3 is 10.8 Å². The van der Waals surface area contributed by atoms with Gasteiger partial charge in [-0.1, -0.05) is 29.8 Å². The molecule has 1 aromatic rings. The number of aliphatic hydroxyl groups excluding tert-OH is 1. The van der Waals surface area contributed by atoms with E-state index in [1.165, 1.54) is 11.1 Å². The van der Waals surface area contributed by atoms with E-state index >= 15 is 0 Å². The quantitative estimate of drug-likeness (QED) is 0.779. The van der Waals surface area contributed by atoms with Crippen LogP contribution in [0.4, 0.5) is 0 Å². The number of hydrogen-bond acceptors (Lipinski definition) is 3. The molecule has 0 aliphatic rings. The lowest BCUT2D eigenvalue weighted by Crippen LogP contribution is -2.35. The van der Waals surface area contributed by atoms with E-state index in [4.69, 9.17) is 10.8 Å². The number of benzene rings is 1. The molecule has 0 radical (unpaired) electrons. The monoisotopic (exact) mass is 250 g/mol. The molecular formula is C15H26N2O. The lowest BCUT2D eigenvalue weighted by atomic mass is 10.0. The van der Waals surface area contributed by atoms with Crippen LogP contribution in [0.5, 0.6) is 0 Å². The van der Waals surface area contributed by atoms with Crippen LogP contribution in [-0.4, -0.2) is 35.7 Å². The lowest BCUT2D eigenvalue weighted by molar-refractivity contribution is 0.161. The molecule has 0 fully saturated rings. The molecule has 0 saturated heterocycles. The predicted octanol–water partition coefficient (Wildman–Crippen LogP) is 2.09. The second kappa shape index (κ2) is 7.52. The van der Waals surface area contributed by atoms with Crippen LogP contribution in [0.15, 0.2) is 24.3 Å². The van der Waals surface area contributed by atoms with Gasteiger partial charge in [-0.15, -0.1) is 0 Å². The van der Waals surface area contributed by atoms with Gasteiger partial charge in [-0.3, -0.25) is 4.90 Å². The first-order valence-electron chi connectivity index (χ1n) is 6.71. The lowest BCUT2D eigenvalue weighted by Gasteiger charge is -2.27. The maximum atomic E-state index is 9.03. The predicted molar refractivity (Wildman–Crippen MR) is 76.5 cm³/mol. The molecule has 1 rings (SSSR count). The van der Waals surface area contributed by atoms with Crippen molar-refractivity contribution in [2.75, 3.05) is 19.7 Å². The van der Waals surface area contributed by atoms with Crippen molar-refractivity contribution >= 4 is 0 Å². The van der Waals surface area contributed by atoms with Crippen molar-refractivity contribution in [1.82, 2.24) is 4.90 Å². The van der Waals surface area contributed by atoms with E-state index in [0.717, 1.165) is 19.5 Å². The number of hydrogen-bond donors (Lipinski definition) is 2. The summed E-state index contributed by atoms with van der Waals surface area (Å²) in [5, 5.41) is 9.03. The molecule has 102 valence electrons. The molecule has 0 heterocycles. The van der Waals surface area contributed by atoms with E-state index in [-0.39, 0.29) is 12.6 Å². The number of aryl methyl sites for hydroxylation is 1. The second-order valence-electron chi connectivity index (χ2n) is 5.16. The van der Waals surface area contributed by atoms with Gasteiger partial charge in [0, 0.05) is 25.2 Å². The molecule has 18 heavy (non-hydrogen) atoms. The minimum absolute atomic E-state index is 0.0746. The number of nitrogens with zero attached hydrogens (tertiary/aromatic N) is 1. The molecule has 3 nitrogen and oxygen atoms in total. The van der Waals surface area contributed by atoms with Gasteiger partial charge in [0.05, 0.1) is 6.61 Å². The first kappa shape index (κ1) is 15.2. The fourth-order valence-corrected chi connectivity index (χ4v) is 2.04. The van der Waals surface area contributed by atoms with Crippen molar-refractivity contribution in [1.29, 1.82) is 0 Å². The first-order chi connectivity index (χ1) is 8.54. The van der Waals surface area contributed by atoms with Crippen LogP contribution in [0, 0.1) is 6.92 Å². The molecule has 1 atom stereocenters. The third-order valence-electron chi connectivity index (χ3n) is 3.35. The van der Waals surface area contributed by atoms with Gasteiger partial charge in [-0.25, -0.2) is 0 Å². The number of nitrogens with two attached hydrogens (primary N) is 1. The summed E-state index contributed by atoms with van der Waals surface area (Å²) in [6, 6.07) is 8.93. The Labute approximate surface area is 111 Å². The molecule has 0 aliphatic heterocycles. The van der Waals surface area contributed by atoms with E-state index in [1.807, 2.05) is 0 Å². The van der Waals surface area contributed by atoms with Crippen molar-refractivity contribution in [3.8, 4) is 0 Å². The van der Waals surface area contributed by atoms with Gasteiger partial charge in [0.15, 0.2) is 0 Å². The zero-order valence-electron chi connectivity index (χ0n) is 11.8. The highest BCUT2D eigenvalue weighted by Crippen LogP contribution is 2.15. The average molecular weight is 250 g/mol. The first-order valence-corrected chi connectivity index (χ1v) is 6.71. The van der Waals surface area contributed by atoms with Gasteiger partial charge in [-0.2, -0.15) is 0 Å². The number of rotatable bonds is 7. The second-order valence-corrected chi connectivity index (χ2v) is 5.16. The summed E-state index contributed by atoms with van der Waals surface area (Å²) in [4.78, 5) is 2.26. The third-order valence-corrected chi connectivity index (χ3v) is 3.35. The maximum absolute atomic E-state index is 9.03. The summed E-state index contributed by atoms with van der Waals surface area (Å²) in [6.45, 7) is 8.22. The van der Waals surface area contributed by atoms with Gasteiger partial charge in [0.1, 0.15) is 0 Å². The molecule has 0 spiro atoms. The molecule has 0 saturated carbocycles. The Bertz CT molecular complexity index is 335. The number of aliphatic hydroxyl groups is 1. The van der Waals surface area contributed by atoms with Crippen molar-refractivity contribution in [3.05, 3.63) is 35.4 Å². The molecule has 0 aromatic heterocycles. The van der Waals surface area contributed by atoms with Gasteiger partial charge in [0.25, 0.3) is 0 Å². The molecular weight excluding hydrogens is 224 g/mol. The molecule has 3 N–H and O–H groups in total. The molecule has 3 heteroatoms. The van der Waals surface area contributed by atoms with Gasteiger partial charge in [-0.05, 0) is 32.8 Å². The minimum Gasteiger partial charge on any atom is -0.395 e. The molecule has 1 aromatic carbocycles. The molecule has 0 bridgehead atoms. The smallest absolute Gasteiger partial charge is 0.0558 e. The zero-order chi connectivity index (χ0) is 13.5. The van der Waals surface area contributed by atoms with Crippen molar-refractivity contribution in [2.45, 2.75) is 39.3 Å². The van der Waals surface area contributed by atoms with Crippen molar-refractivity contribution in [2.24, 2.45) is 5.73 Å². The largest absolute Gasteiger partial charge is 0.395 e. The van der Waals surface area contributed by atoms with Crippen LogP contribution < -0.4 is 5.73 Å². The minimum atomic E-state index is 0.0746. The van der Waals surface area contributed by atoms with Crippen LogP contribution >= 0.6 is 0 Å².